The molecule has 3 N–H and O–H groups in total. The van der Waals surface area contributed by atoms with Gasteiger partial charge in [-0.3, -0.25) is 9.78 Å². The molecule has 0 aliphatic heterocycles. The number of alkyl halides is 2. The Morgan fingerprint density at radius 2 is 1.74 bits per heavy atom. The van der Waals surface area contributed by atoms with Gasteiger partial charge in [0.1, 0.15) is 11.5 Å². The molecular weight excluding hydrogens is 571 g/mol. The molecule has 0 amide bonds. The van der Waals surface area contributed by atoms with E-state index in [4.69, 9.17) is 37.8 Å². The van der Waals surface area contributed by atoms with Gasteiger partial charge in [0.25, 0.3) is 12.0 Å². The van der Waals surface area contributed by atoms with Gasteiger partial charge in [0, 0.05) is 6.07 Å². The maximum Gasteiger partial charge on any atom is 0.349 e. The summed E-state index contributed by atoms with van der Waals surface area (Å²) in [6.45, 7) is 0.0375. The van der Waals surface area contributed by atoms with Crippen molar-refractivity contribution in [2.24, 2.45) is 5.14 Å². The van der Waals surface area contributed by atoms with Gasteiger partial charge in [-0.05, 0) is 17.7 Å². The van der Waals surface area contributed by atoms with E-state index < -0.39 is 38.3 Å². The molecule has 0 unspecified atom stereocenters. The molecule has 2 aromatic carbocycles. The predicted molar refractivity (Wildman–Crippen MR) is 132 cm³/mol. The first-order valence-electron chi connectivity index (χ1n) is 10.3. The summed E-state index contributed by atoms with van der Waals surface area (Å²) in [6, 6.07) is 12.1. The van der Waals surface area contributed by atoms with Gasteiger partial charge in [0.2, 0.25) is 15.9 Å². The summed E-state index contributed by atoms with van der Waals surface area (Å²) in [7, 11) is -4.28. The average Bonchev–Trinajstić information content (AvgIpc) is 2.85. The maximum atomic E-state index is 13.1. The lowest BCUT2D eigenvalue weighted by Crippen LogP contribution is -2.34. The van der Waals surface area contributed by atoms with Crippen LogP contribution in [0.5, 0.6) is 17.4 Å². The van der Waals surface area contributed by atoms with Gasteiger partial charge in [0.15, 0.2) is 17.2 Å². The van der Waals surface area contributed by atoms with Gasteiger partial charge in [-0.15, -0.1) is 0 Å². The van der Waals surface area contributed by atoms with Crippen LogP contribution in [0.15, 0.2) is 69.2 Å². The molecule has 198 valence electrons. The summed E-state index contributed by atoms with van der Waals surface area (Å²) in [5.74, 6) is -0.624. The molecule has 11 nitrogen and oxygen atoms in total. The van der Waals surface area contributed by atoms with Crippen LogP contribution in [0.25, 0.3) is 5.69 Å². The predicted octanol–water partition coefficient (Wildman–Crippen LogP) is 3.58. The van der Waals surface area contributed by atoms with Crippen molar-refractivity contribution in [2.45, 2.75) is 17.9 Å². The van der Waals surface area contributed by atoms with Gasteiger partial charge >= 0.3 is 5.69 Å². The zero-order chi connectivity index (χ0) is 27.6. The molecular formula is C22H15Cl2F2N5O6S. The lowest BCUT2D eigenvalue weighted by Gasteiger charge is -2.14. The number of primary sulfonamides is 1. The van der Waals surface area contributed by atoms with Crippen LogP contribution in [-0.2, 0) is 16.6 Å². The number of nitrogens with one attached hydrogen (secondary N) is 1. The first-order valence-corrected chi connectivity index (χ1v) is 12.6. The van der Waals surface area contributed by atoms with Crippen LogP contribution < -0.4 is 25.9 Å². The van der Waals surface area contributed by atoms with Crippen molar-refractivity contribution in [3.05, 3.63) is 96.9 Å². The van der Waals surface area contributed by atoms with Gasteiger partial charge < -0.3 is 9.47 Å². The fourth-order valence-electron chi connectivity index (χ4n) is 3.13. The normalized spacial score (nSPS) is 11.5. The zero-order valence-electron chi connectivity index (χ0n) is 18.8. The Kier molecular flexibility index (Phi) is 7.78. The standard InChI is InChI=1S/C22H15Cl2F2N5O6S/c23-13-6-12(31-22(33)29-21(32)18(30-31)20(25)26)7-14(24)19(13)37-17-8-16(38(27,34)35)15(9-28-17)36-10-11-4-2-1-3-5-11/h1-9,20H,10H2,(H2,27,34,35)(H,29,32,33). The number of halogens is 4. The summed E-state index contributed by atoms with van der Waals surface area (Å²) in [4.78, 5) is 29.0. The van der Waals surface area contributed by atoms with Crippen LogP contribution in [0, 0.1) is 0 Å². The maximum absolute atomic E-state index is 13.1. The van der Waals surface area contributed by atoms with Gasteiger partial charge in [0.05, 0.1) is 21.9 Å². The summed E-state index contributed by atoms with van der Waals surface area (Å²) < 4.78 is 62.1. The Labute approximate surface area is 222 Å². The van der Waals surface area contributed by atoms with E-state index in [0.717, 1.165) is 30.0 Å². The molecule has 0 saturated heterocycles. The third kappa shape index (κ3) is 5.99. The number of pyridine rings is 1. The molecule has 38 heavy (non-hydrogen) atoms. The first kappa shape index (κ1) is 27.2. The smallest absolute Gasteiger partial charge is 0.349 e. The highest BCUT2D eigenvalue weighted by Gasteiger charge is 2.21. The summed E-state index contributed by atoms with van der Waals surface area (Å²) in [5, 5.41) is 8.25. The number of aromatic nitrogens is 4. The minimum Gasteiger partial charge on any atom is -0.486 e. The number of benzene rings is 2. The van der Waals surface area contributed by atoms with Crippen LogP contribution >= 0.6 is 23.2 Å². The Hall–Kier alpha value is -3.85. The summed E-state index contributed by atoms with van der Waals surface area (Å²) in [5.41, 5.74) is -3.05. The van der Waals surface area contributed by atoms with Gasteiger partial charge in [-0.25, -0.2) is 32.1 Å². The van der Waals surface area contributed by atoms with Crippen LogP contribution in [0.3, 0.4) is 0 Å². The monoisotopic (exact) mass is 585 g/mol. The Morgan fingerprint density at radius 3 is 2.34 bits per heavy atom. The molecule has 2 heterocycles. The van der Waals surface area contributed by atoms with E-state index in [1.807, 2.05) is 6.07 Å². The summed E-state index contributed by atoms with van der Waals surface area (Å²) in [6.07, 6.45) is -2.16. The molecule has 0 bridgehead atoms. The van der Waals surface area contributed by atoms with E-state index in [1.165, 1.54) is 0 Å². The lowest BCUT2D eigenvalue weighted by atomic mass is 10.2. The van der Waals surface area contributed by atoms with Crippen molar-refractivity contribution < 1.29 is 26.7 Å². The van der Waals surface area contributed by atoms with E-state index in [-0.39, 0.29) is 39.7 Å². The van der Waals surface area contributed by atoms with Gasteiger partial charge in [-0.2, -0.15) is 9.78 Å². The molecule has 16 heteroatoms. The number of nitrogens with two attached hydrogens (primary N) is 1. The quantitative estimate of drug-likeness (QED) is 0.317. The SMILES string of the molecule is NS(=O)(=O)c1cc(Oc2c(Cl)cc(-n3nc(C(F)F)c(=O)[nH]c3=O)cc2Cl)ncc1OCc1ccccc1. The van der Waals surface area contributed by atoms with Crippen LogP contribution in [0.4, 0.5) is 8.78 Å². The molecule has 0 atom stereocenters. The topological polar surface area (TPSA) is 159 Å². The largest absolute Gasteiger partial charge is 0.486 e. The van der Waals surface area contributed by atoms with E-state index >= 15 is 0 Å². The van der Waals surface area contributed by atoms with Crippen LogP contribution in [0.1, 0.15) is 17.7 Å². The number of rotatable bonds is 8. The minimum absolute atomic E-state index is 0.0375. The molecule has 0 aliphatic carbocycles. The molecule has 0 radical (unpaired) electrons. The minimum atomic E-state index is -4.28. The van der Waals surface area contributed by atoms with Crippen molar-refractivity contribution in [1.82, 2.24) is 19.7 Å². The van der Waals surface area contributed by atoms with Crippen LogP contribution in [0.2, 0.25) is 10.0 Å². The van der Waals surface area contributed by atoms with Crippen molar-refractivity contribution >= 4 is 33.2 Å². The van der Waals surface area contributed by atoms with Crippen molar-refractivity contribution in [3.63, 3.8) is 0 Å². The third-order valence-corrected chi connectivity index (χ3v) is 6.34. The van der Waals surface area contributed by atoms with Gasteiger partial charge in [-0.1, -0.05) is 53.5 Å². The number of hydrogen-bond acceptors (Lipinski definition) is 8. The molecule has 4 rings (SSSR count). The van der Waals surface area contributed by atoms with E-state index in [2.05, 4.69) is 10.1 Å². The van der Waals surface area contributed by atoms with Crippen LogP contribution in [-0.4, -0.2) is 28.2 Å². The number of sulfonamides is 1. The molecule has 4 aromatic rings. The average molecular weight is 586 g/mol. The van der Waals surface area contributed by atoms with Crippen molar-refractivity contribution in [3.8, 4) is 23.1 Å². The highest BCUT2D eigenvalue weighted by Crippen LogP contribution is 2.38. The van der Waals surface area contributed by atoms with Crippen molar-refractivity contribution in [1.29, 1.82) is 0 Å². The van der Waals surface area contributed by atoms with E-state index in [9.17, 15) is 26.8 Å². The fourth-order valence-corrected chi connectivity index (χ4v) is 4.34. The molecule has 0 spiro atoms. The Morgan fingerprint density at radius 1 is 1.08 bits per heavy atom. The Balaban J connectivity index is 1.66. The molecule has 2 aromatic heterocycles. The van der Waals surface area contributed by atoms with E-state index in [0.29, 0.717) is 4.68 Å². The Bertz CT molecular complexity index is 1710. The third-order valence-electron chi connectivity index (χ3n) is 4.84. The molecule has 0 fully saturated rings. The number of ether oxygens (including phenoxy) is 2. The highest BCUT2D eigenvalue weighted by molar-refractivity contribution is 7.89. The van der Waals surface area contributed by atoms with Crippen molar-refractivity contribution in [2.75, 3.05) is 0 Å². The number of H-pyrrole nitrogens is 1. The number of nitrogens with zero attached hydrogens (tertiary/aromatic N) is 3. The lowest BCUT2D eigenvalue weighted by molar-refractivity contribution is 0.141. The second kappa shape index (κ2) is 10.9. The fraction of sp³-hybridized carbons (Fsp3) is 0.0909. The first-order chi connectivity index (χ1) is 17.9. The summed E-state index contributed by atoms with van der Waals surface area (Å²) >= 11 is 12.5. The molecule has 0 saturated carbocycles. The number of hydrogen-bond donors (Lipinski definition) is 2. The molecule has 0 aliphatic rings. The second-order valence-electron chi connectivity index (χ2n) is 7.49. The zero-order valence-corrected chi connectivity index (χ0v) is 21.1. The highest BCUT2D eigenvalue weighted by atomic mass is 35.5. The number of aromatic amines is 1. The van der Waals surface area contributed by atoms with E-state index in [1.54, 1.807) is 29.2 Å². The second-order valence-corrected chi connectivity index (χ2v) is 9.83.